The van der Waals surface area contributed by atoms with Crippen molar-refractivity contribution in [1.29, 1.82) is 5.26 Å². The predicted molar refractivity (Wildman–Crippen MR) is 92.4 cm³/mol. The van der Waals surface area contributed by atoms with E-state index in [1.54, 1.807) is 12.2 Å². The van der Waals surface area contributed by atoms with Crippen molar-refractivity contribution in [3.63, 3.8) is 0 Å². The highest BCUT2D eigenvalue weighted by atomic mass is 35.5. The first-order valence-corrected chi connectivity index (χ1v) is 7.96. The summed E-state index contributed by atoms with van der Waals surface area (Å²) in [5.74, 6) is -0.339. The average Bonchev–Trinajstić information content (AvgIpc) is 2.61. The molecular weight excluding hydrogens is 328 g/mol. The predicted octanol–water partition coefficient (Wildman–Crippen LogP) is 2.68. The lowest BCUT2D eigenvalue weighted by Crippen LogP contribution is -2.34. The van der Waals surface area contributed by atoms with E-state index in [2.05, 4.69) is 4.90 Å². The molecule has 0 amide bonds. The molecule has 24 heavy (non-hydrogen) atoms. The van der Waals surface area contributed by atoms with Crippen molar-refractivity contribution in [2.45, 2.75) is 0 Å². The summed E-state index contributed by atoms with van der Waals surface area (Å²) in [6.07, 6.45) is 3.33. The quantitative estimate of drug-likeness (QED) is 0.450. The third-order valence-corrected chi connectivity index (χ3v) is 3.85. The zero-order valence-electron chi connectivity index (χ0n) is 13.5. The van der Waals surface area contributed by atoms with E-state index >= 15 is 0 Å². The van der Waals surface area contributed by atoms with Gasteiger partial charge in [-0.25, -0.2) is 0 Å². The van der Waals surface area contributed by atoms with E-state index in [4.69, 9.17) is 21.1 Å². The highest BCUT2D eigenvalue weighted by Crippen LogP contribution is 2.23. The van der Waals surface area contributed by atoms with Crippen LogP contribution in [0.4, 0.5) is 0 Å². The Bertz CT molecular complexity index is 668. The van der Waals surface area contributed by atoms with Crippen LogP contribution in [0.2, 0.25) is 5.02 Å². The highest BCUT2D eigenvalue weighted by Gasteiger charge is 2.15. The first-order chi connectivity index (χ1) is 11.7. The number of halogens is 1. The lowest BCUT2D eigenvalue weighted by Gasteiger charge is -2.31. The van der Waals surface area contributed by atoms with Crippen molar-refractivity contribution in [1.82, 2.24) is 4.90 Å². The van der Waals surface area contributed by atoms with E-state index in [9.17, 15) is 10.1 Å². The normalized spacial score (nSPS) is 16.0. The molecule has 1 saturated heterocycles. The molecule has 0 aromatic heterocycles. The SMILES string of the molecule is COCC(=O)/C(C#N)=C\C=C(\c1ccc(Cl)cc1)N1CCOCC1. The molecule has 0 unspecified atom stereocenters. The molecule has 0 aliphatic carbocycles. The van der Waals surface area contributed by atoms with Gasteiger partial charge in [-0.05, 0) is 29.8 Å². The van der Waals surface area contributed by atoms with Gasteiger partial charge in [-0.1, -0.05) is 23.7 Å². The fourth-order valence-electron chi connectivity index (χ4n) is 2.37. The van der Waals surface area contributed by atoms with E-state index in [1.165, 1.54) is 7.11 Å². The molecule has 1 aliphatic rings. The Hall–Kier alpha value is -2.13. The monoisotopic (exact) mass is 346 g/mol. The number of carbonyl (C=O) groups is 1. The molecule has 1 heterocycles. The summed E-state index contributed by atoms with van der Waals surface area (Å²) in [7, 11) is 1.43. The number of benzene rings is 1. The number of nitriles is 1. The molecule has 0 bridgehead atoms. The number of hydrogen-bond acceptors (Lipinski definition) is 5. The number of carbonyl (C=O) groups excluding carboxylic acids is 1. The number of rotatable bonds is 6. The van der Waals surface area contributed by atoms with Crippen molar-refractivity contribution in [3.05, 3.63) is 52.6 Å². The van der Waals surface area contributed by atoms with Gasteiger partial charge in [-0.2, -0.15) is 5.26 Å². The molecule has 0 radical (unpaired) electrons. The number of ketones is 1. The summed E-state index contributed by atoms with van der Waals surface area (Å²) in [6, 6.07) is 9.39. The van der Waals surface area contributed by atoms with Crippen LogP contribution in [-0.2, 0) is 14.3 Å². The smallest absolute Gasteiger partial charge is 0.198 e. The molecule has 1 aromatic carbocycles. The van der Waals surface area contributed by atoms with Gasteiger partial charge in [-0.3, -0.25) is 4.79 Å². The molecule has 126 valence electrons. The van der Waals surface area contributed by atoms with Crippen LogP contribution in [0.3, 0.4) is 0 Å². The maximum absolute atomic E-state index is 11.8. The zero-order chi connectivity index (χ0) is 17.4. The molecule has 5 nitrogen and oxygen atoms in total. The summed E-state index contributed by atoms with van der Waals surface area (Å²) in [4.78, 5) is 14.0. The Morgan fingerprint density at radius 3 is 2.58 bits per heavy atom. The van der Waals surface area contributed by atoms with Gasteiger partial charge in [0.1, 0.15) is 12.7 Å². The van der Waals surface area contributed by atoms with Crippen molar-refractivity contribution in [3.8, 4) is 6.07 Å². The van der Waals surface area contributed by atoms with Gasteiger partial charge in [0, 0.05) is 30.9 Å². The number of allylic oxidation sites excluding steroid dienone is 2. The Kier molecular flexibility index (Phi) is 7.01. The van der Waals surface area contributed by atoms with Gasteiger partial charge in [0.2, 0.25) is 0 Å². The molecular formula is C18H19ClN2O3. The summed E-state index contributed by atoms with van der Waals surface area (Å²) in [5.41, 5.74) is 1.96. The Morgan fingerprint density at radius 2 is 2.00 bits per heavy atom. The first kappa shape index (κ1) is 18.2. The second-order valence-electron chi connectivity index (χ2n) is 5.21. The second-order valence-corrected chi connectivity index (χ2v) is 5.64. The third-order valence-electron chi connectivity index (χ3n) is 3.60. The maximum Gasteiger partial charge on any atom is 0.198 e. The first-order valence-electron chi connectivity index (χ1n) is 7.58. The van der Waals surface area contributed by atoms with E-state index in [1.807, 2.05) is 30.3 Å². The van der Waals surface area contributed by atoms with E-state index in [0.29, 0.717) is 18.2 Å². The van der Waals surface area contributed by atoms with Gasteiger partial charge in [-0.15, -0.1) is 0 Å². The van der Waals surface area contributed by atoms with Crippen LogP contribution in [0.25, 0.3) is 5.70 Å². The molecule has 0 N–H and O–H groups in total. The van der Waals surface area contributed by atoms with Gasteiger partial charge in [0.15, 0.2) is 5.78 Å². The number of methoxy groups -OCH3 is 1. The molecule has 1 aliphatic heterocycles. The summed E-state index contributed by atoms with van der Waals surface area (Å²) in [5, 5.41) is 9.83. The van der Waals surface area contributed by atoms with Crippen LogP contribution in [0.1, 0.15) is 5.56 Å². The fraction of sp³-hybridized carbons (Fsp3) is 0.333. The summed E-state index contributed by atoms with van der Waals surface area (Å²) < 4.78 is 10.2. The van der Waals surface area contributed by atoms with Crippen LogP contribution in [0.5, 0.6) is 0 Å². The number of nitrogens with zero attached hydrogens (tertiary/aromatic N) is 2. The van der Waals surface area contributed by atoms with E-state index in [0.717, 1.165) is 24.4 Å². The van der Waals surface area contributed by atoms with Crippen LogP contribution in [0, 0.1) is 11.3 Å². The van der Waals surface area contributed by atoms with Gasteiger partial charge in [0.25, 0.3) is 0 Å². The number of morpholine rings is 1. The summed E-state index contributed by atoms with van der Waals surface area (Å²) >= 11 is 5.96. The molecule has 2 rings (SSSR count). The minimum atomic E-state index is -0.339. The molecule has 0 atom stereocenters. The lowest BCUT2D eigenvalue weighted by molar-refractivity contribution is -0.118. The minimum Gasteiger partial charge on any atom is -0.378 e. The average molecular weight is 347 g/mol. The lowest BCUT2D eigenvalue weighted by atomic mass is 10.1. The van der Waals surface area contributed by atoms with Crippen molar-refractivity contribution in [2.24, 2.45) is 0 Å². The van der Waals surface area contributed by atoms with Gasteiger partial charge < -0.3 is 14.4 Å². The number of hydrogen-bond donors (Lipinski definition) is 0. The second kappa shape index (κ2) is 9.24. The van der Waals surface area contributed by atoms with Crippen molar-refractivity contribution < 1.29 is 14.3 Å². The Labute approximate surface area is 146 Å². The van der Waals surface area contributed by atoms with Crippen LogP contribution >= 0.6 is 11.6 Å². The molecule has 6 heteroatoms. The summed E-state index contributed by atoms with van der Waals surface area (Å²) in [6.45, 7) is 2.66. The maximum atomic E-state index is 11.8. The Morgan fingerprint density at radius 1 is 1.33 bits per heavy atom. The van der Waals surface area contributed by atoms with Crippen molar-refractivity contribution >= 4 is 23.1 Å². The van der Waals surface area contributed by atoms with Gasteiger partial charge in [0.05, 0.1) is 18.8 Å². The van der Waals surface area contributed by atoms with Crippen LogP contribution < -0.4 is 0 Å². The largest absolute Gasteiger partial charge is 0.378 e. The molecule has 0 spiro atoms. The van der Waals surface area contributed by atoms with E-state index in [-0.39, 0.29) is 18.0 Å². The molecule has 1 fully saturated rings. The van der Waals surface area contributed by atoms with Crippen LogP contribution in [-0.4, -0.2) is 50.7 Å². The Balaban J connectivity index is 2.35. The number of ether oxygens (including phenoxy) is 2. The van der Waals surface area contributed by atoms with Crippen molar-refractivity contribution in [2.75, 3.05) is 40.0 Å². The minimum absolute atomic E-state index is 0.0663. The standard InChI is InChI=1S/C18H19ClN2O3/c1-23-13-18(22)15(12-20)4-7-17(21-8-10-24-11-9-21)14-2-5-16(19)6-3-14/h2-7H,8-11,13H2,1H3/b15-4-,17-7-. The fourth-order valence-corrected chi connectivity index (χ4v) is 2.50. The zero-order valence-corrected chi connectivity index (χ0v) is 14.3. The molecule has 0 saturated carbocycles. The highest BCUT2D eigenvalue weighted by molar-refractivity contribution is 6.30. The topological polar surface area (TPSA) is 62.6 Å². The van der Waals surface area contributed by atoms with E-state index < -0.39 is 0 Å². The molecule has 1 aromatic rings. The number of Topliss-reactive ketones (excluding diaryl/α,β-unsaturated/α-hetero) is 1. The third kappa shape index (κ3) is 4.93. The van der Waals surface area contributed by atoms with Gasteiger partial charge >= 0.3 is 0 Å². The van der Waals surface area contributed by atoms with Crippen LogP contribution in [0.15, 0.2) is 42.0 Å².